The molecule has 0 radical (unpaired) electrons. The Morgan fingerprint density at radius 3 is 3.23 bits per heavy atom. The first kappa shape index (κ1) is 6.83. The third-order valence-corrected chi connectivity index (χ3v) is 2.50. The first-order valence-electron chi connectivity index (χ1n) is 4.31. The van der Waals surface area contributed by atoms with Crippen molar-refractivity contribution < 1.29 is 9.84 Å². The van der Waals surface area contributed by atoms with Gasteiger partial charge in [-0.25, -0.2) is 0 Å². The molecule has 13 heavy (non-hydrogen) atoms. The molecule has 0 atom stereocenters. The van der Waals surface area contributed by atoms with Gasteiger partial charge in [-0.3, -0.25) is 0 Å². The molecule has 2 heterocycles. The van der Waals surface area contributed by atoms with Crippen LogP contribution in [0, 0.1) is 0 Å². The summed E-state index contributed by atoms with van der Waals surface area (Å²) in [7, 11) is 0. The number of hydrogen-bond acceptors (Lipinski definition) is 2. The number of nitrogens with one attached hydrogen (secondary N) is 1. The van der Waals surface area contributed by atoms with E-state index in [1.54, 1.807) is 6.07 Å². The Kier molecular flexibility index (Phi) is 1.15. The molecule has 2 aliphatic heterocycles. The molecule has 0 saturated heterocycles. The third kappa shape index (κ3) is 0.786. The molecule has 0 unspecified atom stereocenters. The standard InChI is InChI=1S/C10H9NO2/c12-8-2-1-7-10(8)6-3-4-13-9(6)5-11-7/h1-2,5,11-12H,3-4H2. The quantitative estimate of drug-likeness (QED) is 0.640. The molecule has 0 bridgehead atoms. The van der Waals surface area contributed by atoms with Crippen LogP contribution >= 0.6 is 0 Å². The summed E-state index contributed by atoms with van der Waals surface area (Å²) in [4.78, 5) is 3.09. The summed E-state index contributed by atoms with van der Waals surface area (Å²) in [5.41, 5.74) is 3.01. The summed E-state index contributed by atoms with van der Waals surface area (Å²) in [6.45, 7) is 0.715. The lowest BCUT2D eigenvalue weighted by Crippen LogP contribution is -1.87. The molecular formula is C10H9NO2. The van der Waals surface area contributed by atoms with Gasteiger partial charge in [-0.15, -0.1) is 0 Å². The number of rotatable bonds is 0. The second kappa shape index (κ2) is 2.19. The number of H-pyrrole nitrogens is 1. The summed E-state index contributed by atoms with van der Waals surface area (Å²) < 4.78 is 5.39. The number of aromatic amines is 1. The molecule has 3 aliphatic rings. The average molecular weight is 175 g/mol. The average Bonchev–Trinajstić information content (AvgIpc) is 2.70. The predicted molar refractivity (Wildman–Crippen MR) is 48.3 cm³/mol. The lowest BCUT2D eigenvalue weighted by Gasteiger charge is -2.05. The van der Waals surface area contributed by atoms with E-state index in [1.165, 1.54) is 0 Å². The smallest absolute Gasteiger partial charge is 0.139 e. The van der Waals surface area contributed by atoms with Crippen molar-refractivity contribution in [3.05, 3.63) is 23.9 Å². The largest absolute Gasteiger partial charge is 0.507 e. The maximum absolute atomic E-state index is 9.60. The lowest BCUT2D eigenvalue weighted by molar-refractivity contribution is 0.355. The SMILES string of the molecule is Oc1ccc2[nH]cc3c(c1-2)CCO3. The number of aromatic nitrogens is 1. The zero-order valence-electron chi connectivity index (χ0n) is 7.00. The van der Waals surface area contributed by atoms with Crippen molar-refractivity contribution in [3.63, 3.8) is 0 Å². The number of pyridine rings is 1. The van der Waals surface area contributed by atoms with Gasteiger partial charge in [0.05, 0.1) is 6.61 Å². The Bertz CT molecular complexity index is 433. The van der Waals surface area contributed by atoms with Crippen molar-refractivity contribution in [3.8, 4) is 22.8 Å². The number of ether oxygens (including phenoxy) is 1. The van der Waals surface area contributed by atoms with Crippen LogP contribution in [-0.4, -0.2) is 16.7 Å². The van der Waals surface area contributed by atoms with Gasteiger partial charge in [-0.2, -0.15) is 0 Å². The van der Waals surface area contributed by atoms with E-state index in [4.69, 9.17) is 4.74 Å². The molecule has 66 valence electrons. The van der Waals surface area contributed by atoms with Crippen molar-refractivity contribution in [1.29, 1.82) is 0 Å². The molecule has 1 aliphatic carbocycles. The molecule has 0 aromatic rings. The van der Waals surface area contributed by atoms with Gasteiger partial charge in [0, 0.05) is 29.4 Å². The van der Waals surface area contributed by atoms with E-state index < -0.39 is 0 Å². The van der Waals surface area contributed by atoms with Crippen LogP contribution in [0.15, 0.2) is 18.3 Å². The number of fused-ring (bicyclic) bond motifs is 3. The minimum absolute atomic E-state index is 0.341. The molecule has 2 N–H and O–H groups in total. The first-order valence-corrected chi connectivity index (χ1v) is 4.31. The van der Waals surface area contributed by atoms with Crippen LogP contribution in [0.5, 0.6) is 11.5 Å². The second-order valence-corrected chi connectivity index (χ2v) is 3.24. The summed E-state index contributed by atoms with van der Waals surface area (Å²) in [6.07, 6.45) is 2.74. The summed E-state index contributed by atoms with van der Waals surface area (Å²) in [6, 6.07) is 3.59. The van der Waals surface area contributed by atoms with Crippen LogP contribution in [0.3, 0.4) is 0 Å². The molecule has 0 aromatic carbocycles. The van der Waals surface area contributed by atoms with E-state index >= 15 is 0 Å². The van der Waals surface area contributed by atoms with Crippen LogP contribution in [0.25, 0.3) is 11.3 Å². The van der Waals surface area contributed by atoms with Crippen LogP contribution in [-0.2, 0) is 6.42 Å². The summed E-state index contributed by atoms with van der Waals surface area (Å²) in [5.74, 6) is 1.21. The predicted octanol–water partition coefficient (Wildman–Crippen LogP) is 1.76. The fourth-order valence-corrected chi connectivity index (χ4v) is 1.90. The van der Waals surface area contributed by atoms with E-state index in [-0.39, 0.29) is 0 Å². The highest BCUT2D eigenvalue weighted by Crippen LogP contribution is 2.41. The van der Waals surface area contributed by atoms with Gasteiger partial charge in [-0.1, -0.05) is 0 Å². The monoisotopic (exact) mass is 175 g/mol. The van der Waals surface area contributed by atoms with Crippen molar-refractivity contribution in [2.45, 2.75) is 6.42 Å². The summed E-state index contributed by atoms with van der Waals surface area (Å²) in [5, 5.41) is 9.60. The van der Waals surface area contributed by atoms with Gasteiger partial charge in [-0.05, 0) is 12.1 Å². The minimum Gasteiger partial charge on any atom is -0.507 e. The highest BCUT2D eigenvalue weighted by molar-refractivity contribution is 5.76. The number of hydrogen-bond donors (Lipinski definition) is 2. The van der Waals surface area contributed by atoms with Crippen LogP contribution in [0.4, 0.5) is 0 Å². The Balaban J connectivity index is 2.39. The van der Waals surface area contributed by atoms with Crippen molar-refractivity contribution >= 4 is 0 Å². The van der Waals surface area contributed by atoms with E-state index in [2.05, 4.69) is 4.98 Å². The van der Waals surface area contributed by atoms with Gasteiger partial charge in [0.1, 0.15) is 11.5 Å². The van der Waals surface area contributed by atoms with Gasteiger partial charge in [0.2, 0.25) is 0 Å². The minimum atomic E-state index is 0.341. The molecule has 0 spiro atoms. The molecular weight excluding hydrogens is 166 g/mol. The van der Waals surface area contributed by atoms with Gasteiger partial charge < -0.3 is 14.8 Å². The van der Waals surface area contributed by atoms with Crippen LogP contribution < -0.4 is 4.74 Å². The maximum atomic E-state index is 9.60. The maximum Gasteiger partial charge on any atom is 0.139 e. The third-order valence-electron chi connectivity index (χ3n) is 2.50. The van der Waals surface area contributed by atoms with Gasteiger partial charge >= 0.3 is 0 Å². The van der Waals surface area contributed by atoms with Crippen molar-refractivity contribution in [2.75, 3.05) is 6.61 Å². The molecule has 3 heteroatoms. The van der Waals surface area contributed by atoms with Gasteiger partial charge in [0.15, 0.2) is 0 Å². The van der Waals surface area contributed by atoms with Crippen LogP contribution in [0.2, 0.25) is 0 Å². The molecule has 0 aromatic heterocycles. The van der Waals surface area contributed by atoms with E-state index in [9.17, 15) is 5.11 Å². The molecule has 3 rings (SSSR count). The fourth-order valence-electron chi connectivity index (χ4n) is 1.90. The van der Waals surface area contributed by atoms with Crippen LogP contribution in [0.1, 0.15) is 5.56 Å². The molecule has 0 fully saturated rings. The molecule has 0 amide bonds. The topological polar surface area (TPSA) is 45.2 Å². The first-order chi connectivity index (χ1) is 6.36. The normalized spacial score (nSPS) is 14.5. The Hall–Kier alpha value is -1.64. The Morgan fingerprint density at radius 2 is 2.31 bits per heavy atom. The van der Waals surface area contributed by atoms with Crippen molar-refractivity contribution in [1.82, 2.24) is 4.98 Å². The highest BCUT2D eigenvalue weighted by Gasteiger charge is 2.22. The second-order valence-electron chi connectivity index (χ2n) is 3.24. The van der Waals surface area contributed by atoms with E-state index in [0.717, 1.165) is 29.0 Å². The Labute approximate surface area is 75.3 Å². The number of aromatic hydroxyl groups is 1. The molecule has 3 nitrogen and oxygen atoms in total. The highest BCUT2D eigenvalue weighted by atomic mass is 16.5. The van der Waals surface area contributed by atoms with E-state index in [0.29, 0.717) is 12.4 Å². The Morgan fingerprint density at radius 1 is 1.38 bits per heavy atom. The van der Waals surface area contributed by atoms with E-state index in [1.807, 2.05) is 12.3 Å². The zero-order valence-corrected chi connectivity index (χ0v) is 7.00. The van der Waals surface area contributed by atoms with Gasteiger partial charge in [0.25, 0.3) is 0 Å². The summed E-state index contributed by atoms with van der Waals surface area (Å²) >= 11 is 0. The van der Waals surface area contributed by atoms with Crippen molar-refractivity contribution in [2.24, 2.45) is 0 Å². The molecule has 0 saturated carbocycles. The lowest BCUT2D eigenvalue weighted by atomic mass is 10.1. The fraction of sp³-hybridized carbons (Fsp3) is 0.200. The zero-order chi connectivity index (χ0) is 8.84.